The van der Waals surface area contributed by atoms with Gasteiger partial charge >= 0.3 is 5.97 Å². The van der Waals surface area contributed by atoms with Crippen LogP contribution in [0.15, 0.2) is 62.6 Å². The molecule has 162 valence electrons. The molecule has 0 atom stereocenters. The Morgan fingerprint density at radius 3 is 2.48 bits per heavy atom. The fraction of sp³-hybridized carbons (Fsp3) is 0.100. The van der Waals surface area contributed by atoms with E-state index in [1.54, 1.807) is 18.2 Å². The van der Waals surface area contributed by atoms with Crippen LogP contribution in [-0.2, 0) is 16.4 Å². The molecule has 8 nitrogen and oxygen atoms in total. The Bertz CT molecular complexity index is 1220. The molecule has 0 aliphatic carbocycles. The Hall–Kier alpha value is -2.73. The number of nitrogens with two attached hydrogens (primary N) is 1. The number of nitrogens with one attached hydrogen (secondary N) is 2. The van der Waals surface area contributed by atoms with Gasteiger partial charge in [0.1, 0.15) is 4.21 Å². The molecule has 0 bridgehead atoms. The lowest BCUT2D eigenvalue weighted by Crippen LogP contribution is -2.25. The van der Waals surface area contributed by atoms with Crippen LogP contribution in [-0.4, -0.2) is 31.9 Å². The summed E-state index contributed by atoms with van der Waals surface area (Å²) in [7, 11) is -3.79. The molecule has 0 saturated heterocycles. The van der Waals surface area contributed by atoms with Crippen LogP contribution in [0, 0.1) is 0 Å². The minimum Gasteiger partial charge on any atom is -0.478 e. The van der Waals surface area contributed by atoms with Gasteiger partial charge in [0.15, 0.2) is 0 Å². The molecule has 0 unspecified atom stereocenters. The molecule has 3 aromatic rings. The number of anilines is 2. The Kier molecular flexibility index (Phi) is 7.11. The van der Waals surface area contributed by atoms with Crippen molar-refractivity contribution >= 4 is 60.5 Å². The van der Waals surface area contributed by atoms with E-state index in [4.69, 9.17) is 5.73 Å². The Balaban J connectivity index is 1.66. The van der Waals surface area contributed by atoms with Crippen molar-refractivity contribution in [2.45, 2.75) is 10.6 Å². The second-order valence-corrected chi connectivity index (χ2v) is 10.3. The first-order valence-corrected chi connectivity index (χ1v) is 12.1. The maximum absolute atomic E-state index is 12.5. The summed E-state index contributed by atoms with van der Waals surface area (Å²) >= 11 is 4.09. The quantitative estimate of drug-likeness (QED) is 0.333. The van der Waals surface area contributed by atoms with E-state index in [2.05, 4.69) is 26.0 Å². The van der Waals surface area contributed by atoms with Gasteiger partial charge in [0.05, 0.1) is 16.8 Å². The van der Waals surface area contributed by atoms with Crippen molar-refractivity contribution in [2.75, 3.05) is 17.6 Å². The van der Waals surface area contributed by atoms with Crippen LogP contribution in [0.4, 0.5) is 11.4 Å². The molecule has 0 radical (unpaired) electrons. The highest BCUT2D eigenvalue weighted by Crippen LogP contribution is 2.24. The molecular formula is C20H18BrN3O5S2. The number of amides is 1. The van der Waals surface area contributed by atoms with Gasteiger partial charge in [0.2, 0.25) is 10.0 Å². The van der Waals surface area contributed by atoms with Gasteiger partial charge in [-0.25, -0.2) is 17.9 Å². The van der Waals surface area contributed by atoms with Crippen molar-refractivity contribution < 1.29 is 23.1 Å². The predicted octanol–water partition coefficient (Wildman–Crippen LogP) is 3.56. The molecule has 1 aromatic heterocycles. The van der Waals surface area contributed by atoms with Crippen LogP contribution in [0.2, 0.25) is 0 Å². The van der Waals surface area contributed by atoms with E-state index in [0.717, 1.165) is 16.9 Å². The summed E-state index contributed by atoms with van der Waals surface area (Å²) in [5.74, 6) is -1.81. The number of halogens is 1. The number of hydrogen-bond acceptors (Lipinski definition) is 6. The third-order valence-electron chi connectivity index (χ3n) is 4.25. The number of sulfonamides is 1. The summed E-state index contributed by atoms with van der Waals surface area (Å²) in [4.78, 5) is 23.9. The van der Waals surface area contributed by atoms with Gasteiger partial charge in [0, 0.05) is 22.1 Å². The molecular weight excluding hydrogens is 506 g/mol. The summed E-state index contributed by atoms with van der Waals surface area (Å²) in [5, 5.41) is 13.2. The average molecular weight is 524 g/mol. The first kappa shape index (κ1) is 22.9. The third-order valence-corrected chi connectivity index (χ3v) is 7.64. The lowest BCUT2D eigenvalue weighted by molar-refractivity contribution is 0.0698. The monoisotopic (exact) mass is 523 g/mol. The Morgan fingerprint density at radius 1 is 1.10 bits per heavy atom. The lowest BCUT2D eigenvalue weighted by Gasteiger charge is -2.08. The highest BCUT2D eigenvalue weighted by Gasteiger charge is 2.20. The second kappa shape index (κ2) is 9.60. The number of rotatable bonds is 8. The standard InChI is InChI=1S/C20H18BrN3O5S2/c21-14-3-6-17(16(10-14)20(26)27)24-19(25)13-9-18(30-11-13)31(28,29)23-8-7-12-1-4-15(22)5-2-12/h1-6,9-11,23H,7-8,22H2,(H,24,25)(H,26,27). The third kappa shape index (κ3) is 5.91. The van der Waals surface area contributed by atoms with Crippen LogP contribution < -0.4 is 15.8 Å². The van der Waals surface area contributed by atoms with E-state index in [9.17, 15) is 23.1 Å². The predicted molar refractivity (Wildman–Crippen MR) is 123 cm³/mol. The zero-order chi connectivity index (χ0) is 22.6. The number of thiophene rings is 1. The molecule has 3 rings (SSSR count). The molecule has 1 heterocycles. The Labute approximate surface area is 191 Å². The molecule has 0 saturated carbocycles. The summed E-state index contributed by atoms with van der Waals surface area (Å²) in [6.45, 7) is 0.187. The molecule has 0 aliphatic rings. The van der Waals surface area contributed by atoms with Crippen molar-refractivity contribution in [3.63, 3.8) is 0 Å². The molecule has 0 aliphatic heterocycles. The fourth-order valence-electron chi connectivity index (χ4n) is 2.66. The van der Waals surface area contributed by atoms with Gasteiger partial charge in [-0.15, -0.1) is 11.3 Å². The topological polar surface area (TPSA) is 139 Å². The van der Waals surface area contributed by atoms with Crippen LogP contribution in [0.3, 0.4) is 0 Å². The van der Waals surface area contributed by atoms with Crippen LogP contribution in [0.5, 0.6) is 0 Å². The van der Waals surface area contributed by atoms with E-state index in [1.165, 1.54) is 23.6 Å². The van der Waals surface area contributed by atoms with Gasteiger partial charge in [-0.05, 0) is 48.4 Å². The van der Waals surface area contributed by atoms with E-state index in [-0.39, 0.29) is 27.6 Å². The molecule has 0 fully saturated rings. The number of carboxylic acid groups (broad SMARTS) is 1. The molecule has 1 amide bonds. The highest BCUT2D eigenvalue weighted by atomic mass is 79.9. The summed E-state index contributed by atoms with van der Waals surface area (Å²) in [6.07, 6.45) is 0.486. The fourth-order valence-corrected chi connectivity index (χ4v) is 5.26. The molecule has 11 heteroatoms. The summed E-state index contributed by atoms with van der Waals surface area (Å²) in [5.41, 5.74) is 7.34. The van der Waals surface area contributed by atoms with Gasteiger partial charge in [-0.3, -0.25) is 4.79 Å². The van der Waals surface area contributed by atoms with Gasteiger partial charge < -0.3 is 16.2 Å². The molecule has 2 aromatic carbocycles. The first-order valence-electron chi connectivity index (χ1n) is 8.92. The maximum atomic E-state index is 12.5. The average Bonchev–Trinajstić information content (AvgIpc) is 3.22. The van der Waals surface area contributed by atoms with Crippen LogP contribution in [0.1, 0.15) is 26.3 Å². The number of carbonyl (C=O) groups is 2. The Morgan fingerprint density at radius 2 is 1.81 bits per heavy atom. The second-order valence-electron chi connectivity index (χ2n) is 6.49. The zero-order valence-electron chi connectivity index (χ0n) is 16.0. The number of carboxylic acids is 1. The summed E-state index contributed by atoms with van der Waals surface area (Å²) < 4.78 is 28.1. The van der Waals surface area contributed by atoms with E-state index in [1.807, 2.05) is 12.1 Å². The number of aromatic carboxylic acids is 1. The number of hydrogen-bond donors (Lipinski definition) is 4. The molecule has 31 heavy (non-hydrogen) atoms. The van der Waals surface area contributed by atoms with Crippen molar-refractivity contribution in [1.82, 2.24) is 4.72 Å². The molecule has 0 spiro atoms. The van der Waals surface area contributed by atoms with Crippen LogP contribution >= 0.6 is 27.3 Å². The van der Waals surface area contributed by atoms with Gasteiger partial charge in [0.25, 0.3) is 5.91 Å². The smallest absolute Gasteiger partial charge is 0.337 e. The first-order chi connectivity index (χ1) is 14.7. The van der Waals surface area contributed by atoms with E-state index >= 15 is 0 Å². The van der Waals surface area contributed by atoms with Crippen molar-refractivity contribution in [2.24, 2.45) is 0 Å². The zero-order valence-corrected chi connectivity index (χ0v) is 19.2. The van der Waals surface area contributed by atoms with Gasteiger partial charge in [-0.2, -0.15) is 0 Å². The minimum atomic E-state index is -3.79. The van der Waals surface area contributed by atoms with Gasteiger partial charge in [-0.1, -0.05) is 28.1 Å². The van der Waals surface area contributed by atoms with Crippen molar-refractivity contribution in [3.8, 4) is 0 Å². The molecule has 5 N–H and O–H groups in total. The largest absolute Gasteiger partial charge is 0.478 e. The van der Waals surface area contributed by atoms with Crippen molar-refractivity contribution in [3.05, 3.63) is 75.1 Å². The van der Waals surface area contributed by atoms with Crippen molar-refractivity contribution in [1.29, 1.82) is 0 Å². The number of carbonyl (C=O) groups excluding carboxylic acids is 1. The van der Waals surface area contributed by atoms with Crippen LogP contribution in [0.25, 0.3) is 0 Å². The normalized spacial score (nSPS) is 11.3. The highest BCUT2D eigenvalue weighted by molar-refractivity contribution is 9.10. The minimum absolute atomic E-state index is 0.00998. The SMILES string of the molecule is Nc1ccc(CCNS(=O)(=O)c2cc(C(=O)Nc3ccc(Br)cc3C(=O)O)cs2)cc1. The van der Waals surface area contributed by atoms with E-state index < -0.39 is 21.9 Å². The summed E-state index contributed by atoms with van der Waals surface area (Å²) in [6, 6.07) is 12.8. The number of benzene rings is 2. The maximum Gasteiger partial charge on any atom is 0.337 e. The number of nitrogen functional groups attached to an aromatic ring is 1. The lowest BCUT2D eigenvalue weighted by atomic mass is 10.1. The van der Waals surface area contributed by atoms with E-state index in [0.29, 0.717) is 16.6 Å².